The fourth-order valence-corrected chi connectivity index (χ4v) is 2.49. The van der Waals surface area contributed by atoms with E-state index in [9.17, 15) is 0 Å². The molecule has 1 aliphatic rings. The highest BCUT2D eigenvalue weighted by atomic mass is 15.4. The summed E-state index contributed by atoms with van der Waals surface area (Å²) in [4.78, 5) is 4.32. The van der Waals surface area contributed by atoms with Gasteiger partial charge in [-0.25, -0.2) is 9.67 Å². The van der Waals surface area contributed by atoms with Gasteiger partial charge in [0.1, 0.15) is 18.7 Å². The van der Waals surface area contributed by atoms with Crippen LogP contribution in [0.5, 0.6) is 0 Å². The molecule has 0 amide bonds. The van der Waals surface area contributed by atoms with E-state index in [0.29, 0.717) is 6.54 Å². The van der Waals surface area contributed by atoms with E-state index in [4.69, 9.17) is 0 Å². The molecule has 3 rings (SSSR count). The molecule has 1 N–H and O–H groups in total. The number of hydrogen-bond donors (Lipinski definition) is 1. The maximum absolute atomic E-state index is 4.65. The van der Waals surface area contributed by atoms with Crippen molar-refractivity contribution in [2.75, 3.05) is 0 Å². The first kappa shape index (κ1) is 13.3. The molecule has 2 heterocycles. The zero-order chi connectivity index (χ0) is 14.1. The highest BCUT2D eigenvalue weighted by Crippen LogP contribution is 2.21. The van der Waals surface area contributed by atoms with Gasteiger partial charge in [0.2, 0.25) is 0 Å². The van der Waals surface area contributed by atoms with Gasteiger partial charge in [-0.2, -0.15) is 10.2 Å². The Labute approximate surface area is 119 Å². The monoisotopic (exact) mass is 274 g/mol. The summed E-state index contributed by atoms with van der Waals surface area (Å²) < 4.78 is 3.95. The van der Waals surface area contributed by atoms with E-state index in [1.165, 1.54) is 24.1 Å². The van der Waals surface area contributed by atoms with Crippen LogP contribution in [-0.4, -0.2) is 30.6 Å². The lowest BCUT2D eigenvalue weighted by molar-refractivity contribution is 0.558. The predicted molar refractivity (Wildman–Crippen MR) is 76.4 cm³/mol. The van der Waals surface area contributed by atoms with E-state index in [2.05, 4.69) is 41.3 Å². The molecular weight excluding hydrogens is 252 g/mol. The molecule has 2 aromatic rings. The SMILES string of the molecule is CCn1ncnc1Cn1nc(C)c(CNC2CC2)c1C. The number of aromatic nitrogens is 5. The highest BCUT2D eigenvalue weighted by molar-refractivity contribution is 5.25. The fraction of sp³-hybridized carbons (Fsp3) is 0.643. The molecule has 0 aliphatic heterocycles. The van der Waals surface area contributed by atoms with Gasteiger partial charge in [-0.1, -0.05) is 0 Å². The van der Waals surface area contributed by atoms with Gasteiger partial charge in [-0.05, 0) is 33.6 Å². The van der Waals surface area contributed by atoms with Gasteiger partial charge < -0.3 is 5.32 Å². The number of aryl methyl sites for hydroxylation is 2. The Bertz CT molecular complexity index is 593. The Kier molecular flexibility index (Phi) is 3.56. The molecule has 0 unspecified atom stereocenters. The molecule has 0 aromatic carbocycles. The topological polar surface area (TPSA) is 60.6 Å². The van der Waals surface area contributed by atoms with Crippen molar-refractivity contribution in [2.24, 2.45) is 0 Å². The van der Waals surface area contributed by atoms with Crippen molar-refractivity contribution in [1.82, 2.24) is 29.9 Å². The number of hydrogen-bond acceptors (Lipinski definition) is 4. The van der Waals surface area contributed by atoms with Gasteiger partial charge in [0.15, 0.2) is 0 Å². The first-order valence-corrected chi connectivity index (χ1v) is 7.32. The van der Waals surface area contributed by atoms with Gasteiger partial charge >= 0.3 is 0 Å². The number of rotatable bonds is 6. The van der Waals surface area contributed by atoms with Crippen LogP contribution in [0.25, 0.3) is 0 Å². The molecule has 0 spiro atoms. The summed E-state index contributed by atoms with van der Waals surface area (Å²) in [5.74, 6) is 0.958. The van der Waals surface area contributed by atoms with Crippen molar-refractivity contribution in [3.63, 3.8) is 0 Å². The van der Waals surface area contributed by atoms with Gasteiger partial charge in [-0.3, -0.25) is 4.68 Å². The van der Waals surface area contributed by atoms with Crippen LogP contribution in [0, 0.1) is 13.8 Å². The molecule has 1 aliphatic carbocycles. The standard InChI is InChI=1S/C14H22N6/c1-4-19-14(16-9-17-19)8-20-11(3)13(10(2)18-20)7-15-12-5-6-12/h9,12,15H,4-8H2,1-3H3. The Balaban J connectivity index is 1.77. The molecule has 0 bridgehead atoms. The minimum atomic E-state index is 0.684. The number of nitrogens with zero attached hydrogens (tertiary/aromatic N) is 5. The Hall–Kier alpha value is -1.69. The quantitative estimate of drug-likeness (QED) is 0.865. The molecular formula is C14H22N6. The smallest absolute Gasteiger partial charge is 0.148 e. The summed E-state index contributed by atoms with van der Waals surface area (Å²) in [5, 5.41) is 12.4. The van der Waals surface area contributed by atoms with Crippen LogP contribution in [0.3, 0.4) is 0 Å². The third-order valence-corrected chi connectivity index (χ3v) is 3.96. The van der Waals surface area contributed by atoms with E-state index in [-0.39, 0.29) is 0 Å². The molecule has 20 heavy (non-hydrogen) atoms. The zero-order valence-corrected chi connectivity index (χ0v) is 12.4. The predicted octanol–water partition coefficient (Wildman–Crippen LogP) is 1.41. The Morgan fingerprint density at radius 3 is 2.80 bits per heavy atom. The molecule has 0 atom stereocenters. The zero-order valence-electron chi connectivity index (χ0n) is 12.4. The number of nitrogens with one attached hydrogen (secondary N) is 1. The third kappa shape index (κ3) is 2.60. The first-order valence-electron chi connectivity index (χ1n) is 7.32. The fourth-order valence-electron chi connectivity index (χ4n) is 2.49. The van der Waals surface area contributed by atoms with Crippen LogP contribution < -0.4 is 5.32 Å². The molecule has 1 fully saturated rings. The summed E-state index contributed by atoms with van der Waals surface area (Å²) in [6.07, 6.45) is 4.23. The minimum Gasteiger partial charge on any atom is -0.310 e. The van der Waals surface area contributed by atoms with Gasteiger partial charge in [-0.15, -0.1) is 0 Å². The van der Waals surface area contributed by atoms with Crippen molar-refractivity contribution in [1.29, 1.82) is 0 Å². The summed E-state index contributed by atoms with van der Waals surface area (Å²) in [6, 6.07) is 0.723. The minimum absolute atomic E-state index is 0.684. The van der Waals surface area contributed by atoms with E-state index < -0.39 is 0 Å². The van der Waals surface area contributed by atoms with Crippen LogP contribution in [0.1, 0.15) is 42.5 Å². The normalized spacial score (nSPS) is 14.9. The highest BCUT2D eigenvalue weighted by Gasteiger charge is 2.22. The maximum atomic E-state index is 4.65. The maximum Gasteiger partial charge on any atom is 0.148 e. The van der Waals surface area contributed by atoms with Crippen LogP contribution in [0.4, 0.5) is 0 Å². The van der Waals surface area contributed by atoms with Crippen molar-refractivity contribution in [3.8, 4) is 0 Å². The van der Waals surface area contributed by atoms with Crippen molar-refractivity contribution in [2.45, 2.75) is 59.3 Å². The Morgan fingerprint density at radius 1 is 1.30 bits per heavy atom. The lowest BCUT2D eigenvalue weighted by atomic mass is 10.2. The molecule has 1 saturated carbocycles. The molecule has 0 radical (unpaired) electrons. The van der Waals surface area contributed by atoms with Gasteiger partial charge in [0, 0.05) is 30.4 Å². The Morgan fingerprint density at radius 2 is 2.10 bits per heavy atom. The van der Waals surface area contributed by atoms with Gasteiger partial charge in [0.25, 0.3) is 0 Å². The molecule has 0 saturated heterocycles. The van der Waals surface area contributed by atoms with E-state index in [1.54, 1.807) is 6.33 Å². The summed E-state index contributed by atoms with van der Waals surface area (Å²) in [7, 11) is 0. The molecule has 2 aromatic heterocycles. The van der Waals surface area contributed by atoms with Crippen LogP contribution in [0.15, 0.2) is 6.33 Å². The summed E-state index contributed by atoms with van der Waals surface area (Å²) in [6.45, 7) is 8.73. The van der Waals surface area contributed by atoms with Crippen LogP contribution in [0.2, 0.25) is 0 Å². The second-order valence-corrected chi connectivity index (χ2v) is 5.45. The lowest BCUT2D eigenvalue weighted by Gasteiger charge is -2.07. The second kappa shape index (κ2) is 5.36. The summed E-state index contributed by atoms with van der Waals surface area (Å²) >= 11 is 0. The first-order chi connectivity index (χ1) is 9.69. The average molecular weight is 274 g/mol. The molecule has 6 heteroatoms. The van der Waals surface area contributed by atoms with E-state index in [0.717, 1.165) is 30.6 Å². The van der Waals surface area contributed by atoms with E-state index >= 15 is 0 Å². The average Bonchev–Trinajstić information content (AvgIpc) is 3.09. The van der Waals surface area contributed by atoms with Crippen LogP contribution >= 0.6 is 0 Å². The largest absolute Gasteiger partial charge is 0.310 e. The van der Waals surface area contributed by atoms with E-state index in [1.807, 2.05) is 9.36 Å². The molecule has 108 valence electrons. The lowest BCUT2D eigenvalue weighted by Crippen LogP contribution is -2.16. The van der Waals surface area contributed by atoms with Crippen LogP contribution in [-0.2, 0) is 19.6 Å². The summed E-state index contributed by atoms with van der Waals surface area (Å²) in [5.41, 5.74) is 3.65. The molecule has 6 nitrogen and oxygen atoms in total. The van der Waals surface area contributed by atoms with Crippen molar-refractivity contribution < 1.29 is 0 Å². The van der Waals surface area contributed by atoms with Gasteiger partial charge in [0.05, 0.1) is 5.69 Å². The van der Waals surface area contributed by atoms with Crippen molar-refractivity contribution >= 4 is 0 Å². The third-order valence-electron chi connectivity index (χ3n) is 3.96. The second-order valence-electron chi connectivity index (χ2n) is 5.45. The van der Waals surface area contributed by atoms with Crippen molar-refractivity contribution in [3.05, 3.63) is 29.1 Å².